The molecule has 0 unspecified atom stereocenters. The number of fused-ring (bicyclic) bond motifs is 1. The Morgan fingerprint density at radius 2 is 2.17 bits per heavy atom. The highest BCUT2D eigenvalue weighted by molar-refractivity contribution is 5.98. The normalized spacial score (nSPS) is 12.7. The van der Waals surface area contributed by atoms with E-state index in [1.165, 1.54) is 4.90 Å². The molecule has 1 aliphatic heterocycles. The number of rotatable bonds is 6. The monoisotopic (exact) mass is 316 g/mol. The van der Waals surface area contributed by atoms with Crippen molar-refractivity contribution in [3.8, 4) is 18.1 Å². The summed E-state index contributed by atoms with van der Waals surface area (Å²) in [4.78, 5) is 36.3. The molecular formula is C16H16N2O5. The third-order valence-electron chi connectivity index (χ3n) is 3.10. The lowest BCUT2D eigenvalue weighted by molar-refractivity contribution is -0.148. The predicted molar refractivity (Wildman–Crippen MR) is 81.7 cm³/mol. The number of amides is 2. The first kappa shape index (κ1) is 16.4. The van der Waals surface area contributed by atoms with Gasteiger partial charge in [0, 0.05) is 6.54 Å². The second-order valence-electron chi connectivity index (χ2n) is 4.69. The highest BCUT2D eigenvalue weighted by Crippen LogP contribution is 2.31. The summed E-state index contributed by atoms with van der Waals surface area (Å²) in [6.45, 7) is -0.228. The number of nitrogens with zero attached hydrogens (tertiary/aromatic N) is 1. The average Bonchev–Trinajstić information content (AvgIpc) is 2.57. The van der Waals surface area contributed by atoms with Crippen LogP contribution in [-0.2, 0) is 19.1 Å². The molecule has 1 N–H and O–H groups in total. The van der Waals surface area contributed by atoms with Gasteiger partial charge in [0.25, 0.3) is 11.8 Å². The highest BCUT2D eigenvalue weighted by atomic mass is 16.5. The van der Waals surface area contributed by atoms with E-state index in [0.29, 0.717) is 11.4 Å². The van der Waals surface area contributed by atoms with E-state index in [9.17, 15) is 14.4 Å². The molecule has 0 radical (unpaired) electrons. The third kappa shape index (κ3) is 4.48. The Morgan fingerprint density at radius 1 is 1.39 bits per heavy atom. The van der Waals surface area contributed by atoms with E-state index in [2.05, 4.69) is 11.2 Å². The van der Waals surface area contributed by atoms with Crippen LogP contribution < -0.4 is 15.0 Å². The summed E-state index contributed by atoms with van der Waals surface area (Å²) in [7, 11) is 0. The number of hydrogen-bond donors (Lipinski definition) is 1. The fourth-order valence-electron chi connectivity index (χ4n) is 2.02. The molecule has 0 aliphatic carbocycles. The molecule has 1 aliphatic rings. The van der Waals surface area contributed by atoms with Gasteiger partial charge in [0.05, 0.1) is 18.7 Å². The number of nitrogens with one attached hydrogen (secondary N) is 1. The topological polar surface area (TPSA) is 84.9 Å². The van der Waals surface area contributed by atoms with Gasteiger partial charge in [-0.25, -0.2) is 0 Å². The summed E-state index contributed by atoms with van der Waals surface area (Å²) >= 11 is 0. The number of hydrogen-bond acceptors (Lipinski definition) is 5. The van der Waals surface area contributed by atoms with E-state index >= 15 is 0 Å². The van der Waals surface area contributed by atoms with Crippen molar-refractivity contribution < 1.29 is 23.9 Å². The molecule has 120 valence electrons. The number of ether oxygens (including phenoxy) is 2. The van der Waals surface area contributed by atoms with Crippen molar-refractivity contribution in [1.82, 2.24) is 5.32 Å². The van der Waals surface area contributed by atoms with Crippen LogP contribution in [0.1, 0.15) is 6.42 Å². The van der Waals surface area contributed by atoms with E-state index < -0.39 is 18.5 Å². The number of anilines is 1. The summed E-state index contributed by atoms with van der Waals surface area (Å²) in [6, 6.07) is 7.08. The molecule has 2 rings (SSSR count). The molecule has 0 aromatic heterocycles. The van der Waals surface area contributed by atoms with Crippen molar-refractivity contribution in [2.45, 2.75) is 6.42 Å². The summed E-state index contributed by atoms with van der Waals surface area (Å²) in [5.74, 6) is 1.56. The minimum absolute atomic E-state index is 0.0253. The van der Waals surface area contributed by atoms with Crippen molar-refractivity contribution in [1.29, 1.82) is 0 Å². The Hall–Kier alpha value is -3.01. The largest absolute Gasteiger partial charge is 0.482 e. The maximum absolute atomic E-state index is 11.9. The van der Waals surface area contributed by atoms with E-state index in [1.54, 1.807) is 24.3 Å². The maximum Gasteiger partial charge on any atom is 0.308 e. The molecule has 0 spiro atoms. The second-order valence-corrected chi connectivity index (χ2v) is 4.69. The van der Waals surface area contributed by atoms with Crippen molar-refractivity contribution in [3.05, 3.63) is 24.3 Å². The zero-order valence-electron chi connectivity index (χ0n) is 12.4. The number of carbonyl (C=O) groups is 3. The fourth-order valence-corrected chi connectivity index (χ4v) is 2.02. The predicted octanol–water partition coefficient (Wildman–Crippen LogP) is 0.0947. The second kappa shape index (κ2) is 7.84. The molecule has 2 amide bonds. The Kier molecular flexibility index (Phi) is 5.58. The van der Waals surface area contributed by atoms with Gasteiger partial charge in [0.15, 0.2) is 13.2 Å². The Bertz CT molecular complexity index is 650. The lowest BCUT2D eigenvalue weighted by Crippen LogP contribution is -2.40. The van der Waals surface area contributed by atoms with Crippen molar-refractivity contribution in [2.24, 2.45) is 0 Å². The number of esters is 1. The lowest BCUT2D eigenvalue weighted by atomic mass is 10.2. The minimum atomic E-state index is -0.572. The molecule has 0 atom stereocenters. The van der Waals surface area contributed by atoms with Crippen LogP contribution in [0.5, 0.6) is 5.75 Å². The molecule has 0 fully saturated rings. The smallest absolute Gasteiger partial charge is 0.308 e. The van der Waals surface area contributed by atoms with Crippen LogP contribution in [0.15, 0.2) is 24.3 Å². The quantitative estimate of drug-likeness (QED) is 0.594. The standard InChI is InChI=1S/C16H16N2O5/c1-2-8-17-14(19)10-23-16(21)7-9-18-12-5-3-4-6-13(12)22-11-15(18)20/h1,3-6H,7-11H2,(H,17,19). The van der Waals surface area contributed by atoms with Gasteiger partial charge in [-0.1, -0.05) is 18.1 Å². The minimum Gasteiger partial charge on any atom is -0.482 e. The molecule has 0 bridgehead atoms. The van der Waals surface area contributed by atoms with E-state index in [0.717, 1.165) is 0 Å². The lowest BCUT2D eigenvalue weighted by Gasteiger charge is -2.28. The first-order valence-electron chi connectivity index (χ1n) is 7.00. The number of carbonyl (C=O) groups excluding carboxylic acids is 3. The molecule has 1 aromatic rings. The van der Waals surface area contributed by atoms with Crippen molar-refractivity contribution >= 4 is 23.5 Å². The van der Waals surface area contributed by atoms with Crippen LogP contribution in [0.3, 0.4) is 0 Å². The summed E-state index contributed by atoms with van der Waals surface area (Å²) < 4.78 is 10.1. The first-order valence-corrected chi connectivity index (χ1v) is 7.00. The molecular weight excluding hydrogens is 300 g/mol. The van der Waals surface area contributed by atoms with Crippen LogP contribution in [-0.4, -0.2) is 44.1 Å². The van der Waals surface area contributed by atoms with Crippen LogP contribution >= 0.6 is 0 Å². The van der Waals surface area contributed by atoms with Crippen LogP contribution in [0.2, 0.25) is 0 Å². The summed E-state index contributed by atoms with van der Waals surface area (Å²) in [6.07, 6.45) is 4.97. The third-order valence-corrected chi connectivity index (χ3v) is 3.10. The van der Waals surface area contributed by atoms with Crippen LogP contribution in [0.25, 0.3) is 0 Å². The summed E-state index contributed by atoms with van der Waals surface area (Å²) in [5.41, 5.74) is 0.614. The van der Waals surface area contributed by atoms with Gasteiger partial charge in [-0.2, -0.15) is 0 Å². The summed E-state index contributed by atoms with van der Waals surface area (Å²) in [5, 5.41) is 2.38. The molecule has 1 aromatic carbocycles. The van der Waals surface area contributed by atoms with E-state index in [4.69, 9.17) is 15.9 Å². The number of para-hydroxylation sites is 2. The Morgan fingerprint density at radius 3 is 2.96 bits per heavy atom. The molecule has 1 heterocycles. The number of benzene rings is 1. The van der Waals surface area contributed by atoms with Gasteiger partial charge in [-0.3, -0.25) is 14.4 Å². The SMILES string of the molecule is C#CCNC(=O)COC(=O)CCN1C(=O)COc2ccccc21. The van der Waals surface area contributed by atoms with Crippen LogP contribution in [0, 0.1) is 12.3 Å². The van der Waals surface area contributed by atoms with Gasteiger partial charge in [-0.15, -0.1) is 6.42 Å². The zero-order valence-corrected chi connectivity index (χ0v) is 12.4. The van der Waals surface area contributed by atoms with Gasteiger partial charge in [0.2, 0.25) is 0 Å². The Balaban J connectivity index is 1.84. The molecule has 7 nitrogen and oxygen atoms in total. The molecule has 23 heavy (non-hydrogen) atoms. The van der Waals surface area contributed by atoms with Gasteiger partial charge < -0.3 is 19.7 Å². The van der Waals surface area contributed by atoms with Gasteiger partial charge in [-0.05, 0) is 12.1 Å². The van der Waals surface area contributed by atoms with Crippen molar-refractivity contribution in [2.75, 3.05) is 31.2 Å². The molecule has 0 saturated heterocycles. The Labute approximate surface area is 133 Å². The molecule has 7 heteroatoms. The average molecular weight is 316 g/mol. The first-order chi connectivity index (χ1) is 11.1. The van der Waals surface area contributed by atoms with E-state index in [-0.39, 0.29) is 32.0 Å². The fraction of sp³-hybridized carbons (Fsp3) is 0.312. The molecule has 0 saturated carbocycles. The van der Waals surface area contributed by atoms with E-state index in [1.807, 2.05) is 0 Å². The van der Waals surface area contributed by atoms with Gasteiger partial charge in [0.1, 0.15) is 5.75 Å². The highest BCUT2D eigenvalue weighted by Gasteiger charge is 2.25. The van der Waals surface area contributed by atoms with Gasteiger partial charge >= 0.3 is 5.97 Å². The number of terminal acetylenes is 1. The zero-order chi connectivity index (χ0) is 16.7. The van der Waals surface area contributed by atoms with Crippen LogP contribution in [0.4, 0.5) is 5.69 Å². The van der Waals surface area contributed by atoms with Crippen molar-refractivity contribution in [3.63, 3.8) is 0 Å². The maximum atomic E-state index is 11.9.